The van der Waals surface area contributed by atoms with Crippen LogP contribution in [0.25, 0.3) is 0 Å². The van der Waals surface area contributed by atoms with Crippen molar-refractivity contribution in [3.63, 3.8) is 0 Å². The van der Waals surface area contributed by atoms with Crippen molar-refractivity contribution in [1.82, 2.24) is 5.32 Å². The number of rotatable bonds is 8. The van der Waals surface area contributed by atoms with Crippen LogP contribution in [0.3, 0.4) is 0 Å². The second kappa shape index (κ2) is 7.93. The summed E-state index contributed by atoms with van der Waals surface area (Å²) in [6, 6.07) is 4.36. The van der Waals surface area contributed by atoms with Gasteiger partial charge in [0.05, 0.1) is 0 Å². The van der Waals surface area contributed by atoms with E-state index in [1.165, 1.54) is 24.3 Å². The number of hydrogen-bond acceptors (Lipinski definition) is 5. The quantitative estimate of drug-likeness (QED) is 0.600. The Bertz CT molecular complexity index is 654. The third kappa shape index (κ3) is 6.66. The zero-order valence-electron chi connectivity index (χ0n) is 12.7. The summed E-state index contributed by atoms with van der Waals surface area (Å²) in [7, 11) is -4.61. The smallest absolute Gasteiger partial charge is 0.446 e. The van der Waals surface area contributed by atoms with E-state index in [9.17, 15) is 23.1 Å². The van der Waals surface area contributed by atoms with Gasteiger partial charge in [0.1, 0.15) is 11.8 Å². The van der Waals surface area contributed by atoms with Crippen LogP contribution in [0, 0.1) is 5.92 Å². The van der Waals surface area contributed by atoms with Gasteiger partial charge in [0.2, 0.25) is 5.91 Å². The van der Waals surface area contributed by atoms with Gasteiger partial charge in [0.25, 0.3) is 0 Å². The van der Waals surface area contributed by atoms with Gasteiger partial charge in [-0.05, 0) is 24.1 Å². The molecule has 9 heteroatoms. The molecule has 128 valence electrons. The van der Waals surface area contributed by atoms with Crippen molar-refractivity contribution >= 4 is 22.3 Å². The molecule has 0 aromatic heterocycles. The van der Waals surface area contributed by atoms with Crippen molar-refractivity contribution in [2.45, 2.75) is 32.7 Å². The van der Waals surface area contributed by atoms with Crippen molar-refractivity contribution in [1.29, 1.82) is 0 Å². The fourth-order valence-corrected chi connectivity index (χ4v) is 2.09. The molecule has 23 heavy (non-hydrogen) atoms. The number of carbonyl (C=O) groups is 2. The second-order valence-corrected chi connectivity index (χ2v) is 6.09. The van der Waals surface area contributed by atoms with Crippen molar-refractivity contribution in [3.8, 4) is 5.75 Å². The fourth-order valence-electron chi connectivity index (χ4n) is 1.74. The Morgan fingerprint density at radius 2 is 1.83 bits per heavy atom. The summed E-state index contributed by atoms with van der Waals surface area (Å²) in [4.78, 5) is 23.1. The average Bonchev–Trinajstić information content (AvgIpc) is 2.45. The number of nitrogens with one attached hydrogen (secondary N) is 1. The van der Waals surface area contributed by atoms with Crippen molar-refractivity contribution in [2.75, 3.05) is 0 Å². The summed E-state index contributed by atoms with van der Waals surface area (Å²) in [6.07, 6.45) is 0.628. The molecule has 2 atom stereocenters. The first kappa shape index (κ1) is 18.9. The largest absolute Gasteiger partial charge is 0.480 e. The lowest BCUT2D eigenvalue weighted by atomic mass is 10.0. The van der Waals surface area contributed by atoms with Crippen LogP contribution < -0.4 is 9.50 Å². The molecular weight excluding hydrogens is 326 g/mol. The maximum Gasteiger partial charge on any atom is 0.446 e. The minimum absolute atomic E-state index is 0.0314. The summed E-state index contributed by atoms with van der Waals surface area (Å²) in [6.45, 7) is 3.53. The molecule has 0 aliphatic rings. The van der Waals surface area contributed by atoms with E-state index in [0.29, 0.717) is 12.0 Å². The predicted molar refractivity (Wildman–Crippen MR) is 81.3 cm³/mol. The first-order valence-corrected chi connectivity index (χ1v) is 8.28. The van der Waals surface area contributed by atoms with Crippen LogP contribution in [0.1, 0.15) is 25.8 Å². The molecule has 1 aromatic carbocycles. The van der Waals surface area contributed by atoms with E-state index in [2.05, 4.69) is 9.50 Å². The van der Waals surface area contributed by atoms with Gasteiger partial charge in [-0.1, -0.05) is 26.0 Å². The molecule has 0 saturated carbocycles. The van der Waals surface area contributed by atoms with Crippen molar-refractivity contribution < 1.29 is 31.8 Å². The summed E-state index contributed by atoms with van der Waals surface area (Å²) in [5.74, 6) is -1.90. The minimum atomic E-state index is -4.61. The molecule has 0 bridgehead atoms. The first-order chi connectivity index (χ1) is 10.6. The highest BCUT2D eigenvalue weighted by atomic mass is 32.3. The molecule has 1 unspecified atom stereocenters. The van der Waals surface area contributed by atoms with Crippen LogP contribution in [0.4, 0.5) is 0 Å². The first-order valence-electron chi connectivity index (χ1n) is 6.91. The molecular formula is C14H19NO7S. The summed E-state index contributed by atoms with van der Waals surface area (Å²) in [5, 5.41) is 11.7. The number of carbonyl (C=O) groups excluding carboxylic acids is 1. The van der Waals surface area contributed by atoms with Gasteiger partial charge >= 0.3 is 16.4 Å². The number of hydrogen-bond donors (Lipinski definition) is 3. The molecule has 1 aromatic rings. The molecule has 0 aliphatic heterocycles. The Morgan fingerprint density at radius 1 is 1.26 bits per heavy atom. The highest BCUT2D eigenvalue weighted by molar-refractivity contribution is 7.81. The third-order valence-corrected chi connectivity index (χ3v) is 3.64. The molecule has 1 amide bonds. The van der Waals surface area contributed by atoms with Crippen LogP contribution in [0.15, 0.2) is 24.3 Å². The molecule has 0 radical (unpaired) electrons. The maximum atomic E-state index is 11.8. The second-order valence-electron chi connectivity index (χ2n) is 5.07. The molecule has 0 heterocycles. The number of carboxylic acid groups (broad SMARTS) is 1. The van der Waals surface area contributed by atoms with Crippen molar-refractivity contribution in [3.05, 3.63) is 29.8 Å². The van der Waals surface area contributed by atoms with Gasteiger partial charge in [0.15, 0.2) is 0 Å². The van der Waals surface area contributed by atoms with Gasteiger partial charge in [0, 0.05) is 12.3 Å². The zero-order chi connectivity index (χ0) is 17.6. The third-order valence-electron chi connectivity index (χ3n) is 3.24. The Morgan fingerprint density at radius 3 is 2.26 bits per heavy atom. The minimum Gasteiger partial charge on any atom is -0.480 e. The van der Waals surface area contributed by atoms with Crippen LogP contribution >= 0.6 is 0 Å². The summed E-state index contributed by atoms with van der Waals surface area (Å²) in [5.41, 5.74) is 0.560. The van der Waals surface area contributed by atoms with Crippen LogP contribution in [0.5, 0.6) is 5.75 Å². The lowest BCUT2D eigenvalue weighted by molar-refractivity contribution is -0.142. The van der Waals surface area contributed by atoms with E-state index < -0.39 is 22.4 Å². The molecule has 0 spiro atoms. The lowest BCUT2D eigenvalue weighted by Gasteiger charge is -2.17. The van der Waals surface area contributed by atoms with Gasteiger partial charge in [-0.3, -0.25) is 9.35 Å². The summed E-state index contributed by atoms with van der Waals surface area (Å²) >= 11 is 0. The molecule has 3 N–H and O–H groups in total. The topological polar surface area (TPSA) is 130 Å². The maximum absolute atomic E-state index is 11.8. The lowest BCUT2D eigenvalue weighted by Crippen LogP contribution is -2.44. The Balaban J connectivity index is 2.77. The standard InChI is InChI=1S/C14H19NO7S/c1-3-9(2)13(16)15-12(14(17)18)8-10-4-6-11(7-5-10)22-23(19,20)21/h4-7,9,12H,3,8H2,1-2H3,(H,15,16)(H,17,18)(H,19,20,21)/t9?,12-/m1/s1. The molecule has 0 fully saturated rings. The van der Waals surface area contributed by atoms with Crippen LogP contribution in [-0.2, 0) is 26.4 Å². The Labute approximate surface area is 134 Å². The number of benzene rings is 1. The predicted octanol–water partition coefficient (Wildman–Crippen LogP) is 1.03. The SMILES string of the molecule is CCC(C)C(=O)N[C@H](Cc1ccc(OS(=O)(=O)O)cc1)C(=O)O. The van der Waals surface area contributed by atoms with Gasteiger partial charge in [-0.25, -0.2) is 4.79 Å². The monoisotopic (exact) mass is 345 g/mol. The van der Waals surface area contributed by atoms with E-state index in [4.69, 9.17) is 4.55 Å². The van der Waals surface area contributed by atoms with Crippen molar-refractivity contribution in [2.24, 2.45) is 5.92 Å². The van der Waals surface area contributed by atoms with Crippen LogP contribution in [0.2, 0.25) is 0 Å². The normalized spacial score (nSPS) is 13.9. The Kier molecular flexibility index (Phi) is 6.52. The van der Waals surface area contributed by atoms with E-state index in [1.54, 1.807) is 6.92 Å². The number of aliphatic carboxylic acids is 1. The average molecular weight is 345 g/mol. The van der Waals surface area contributed by atoms with Crippen LogP contribution in [-0.4, -0.2) is 36.0 Å². The zero-order valence-corrected chi connectivity index (χ0v) is 13.5. The van der Waals surface area contributed by atoms with E-state index >= 15 is 0 Å². The van der Waals surface area contributed by atoms with Gasteiger partial charge in [-0.2, -0.15) is 8.42 Å². The highest BCUT2D eigenvalue weighted by Gasteiger charge is 2.22. The molecule has 1 rings (SSSR count). The molecule has 0 saturated heterocycles. The van der Waals surface area contributed by atoms with E-state index in [0.717, 1.165) is 0 Å². The highest BCUT2D eigenvalue weighted by Crippen LogP contribution is 2.15. The van der Waals surface area contributed by atoms with Gasteiger partial charge in [-0.15, -0.1) is 0 Å². The van der Waals surface area contributed by atoms with Gasteiger partial charge < -0.3 is 14.6 Å². The molecule has 0 aliphatic carbocycles. The summed E-state index contributed by atoms with van der Waals surface area (Å²) < 4.78 is 34.0. The van der Waals surface area contributed by atoms with E-state index in [-0.39, 0.29) is 24.0 Å². The molecule has 8 nitrogen and oxygen atoms in total. The fraction of sp³-hybridized carbons (Fsp3) is 0.429. The number of carboxylic acids is 1. The Hall–Kier alpha value is -2.13. The number of amides is 1. The van der Waals surface area contributed by atoms with E-state index in [1.807, 2.05) is 6.92 Å².